The Morgan fingerprint density at radius 2 is 1.81 bits per heavy atom. The van der Waals surface area contributed by atoms with Gasteiger partial charge in [0.05, 0.1) is 7.11 Å². The van der Waals surface area contributed by atoms with Crippen LogP contribution in [0.2, 0.25) is 0 Å². The fraction of sp³-hybridized carbons (Fsp3) is 0.375. The number of rotatable bonds is 3. The predicted molar refractivity (Wildman–Crippen MR) is 92.3 cm³/mol. The third-order valence-electron chi connectivity index (χ3n) is 4.80. The number of fused-ring (bicyclic) bond motifs is 2. The lowest BCUT2D eigenvalue weighted by Gasteiger charge is -2.31. The van der Waals surface area contributed by atoms with E-state index < -0.39 is 0 Å². The van der Waals surface area contributed by atoms with E-state index in [-0.39, 0.29) is 0 Å². The Morgan fingerprint density at radius 1 is 0.962 bits per heavy atom. The Morgan fingerprint density at radius 3 is 2.65 bits per heavy atom. The Labute approximate surface area is 148 Å². The summed E-state index contributed by atoms with van der Waals surface area (Å²) in [7, 11) is 1.61. The molecule has 0 unspecified atom stereocenters. The van der Waals surface area contributed by atoms with Crippen LogP contribution in [0, 0.1) is 0 Å². The summed E-state index contributed by atoms with van der Waals surface area (Å²) in [6.07, 6.45) is 3.54. The maximum atomic E-state index is 5.22. The number of hydrogen-bond donors (Lipinski definition) is 0. The highest BCUT2D eigenvalue weighted by Crippen LogP contribution is 2.29. The number of anilines is 1. The van der Waals surface area contributed by atoms with Crippen LogP contribution >= 0.6 is 0 Å². The standard InChI is InChI=1S/C16H17N9O/c1-26-15-5-4-13-19-20-16(25(13)22-15)11-6-8-23(9-7-11)14-3-2-12-18-17-10-24(12)21-14/h2-5,10-11H,6-9H2,1H3. The highest BCUT2D eigenvalue weighted by Gasteiger charge is 2.26. The molecule has 4 aromatic heterocycles. The van der Waals surface area contributed by atoms with Crippen LogP contribution in [0.3, 0.4) is 0 Å². The van der Waals surface area contributed by atoms with Gasteiger partial charge in [-0.15, -0.1) is 30.6 Å². The van der Waals surface area contributed by atoms with Gasteiger partial charge in [-0.25, -0.2) is 0 Å². The second kappa shape index (κ2) is 5.90. The second-order valence-corrected chi connectivity index (χ2v) is 6.29. The van der Waals surface area contributed by atoms with Crippen molar-refractivity contribution in [2.45, 2.75) is 18.8 Å². The van der Waals surface area contributed by atoms with Gasteiger partial charge in [-0.3, -0.25) is 0 Å². The summed E-state index contributed by atoms with van der Waals surface area (Å²) in [6, 6.07) is 7.59. The van der Waals surface area contributed by atoms with Crippen molar-refractivity contribution in [1.29, 1.82) is 0 Å². The first-order valence-corrected chi connectivity index (χ1v) is 8.50. The first-order chi connectivity index (χ1) is 12.8. The van der Waals surface area contributed by atoms with Crippen molar-refractivity contribution in [2.24, 2.45) is 0 Å². The predicted octanol–water partition coefficient (Wildman–Crippen LogP) is 0.955. The van der Waals surface area contributed by atoms with E-state index in [9.17, 15) is 0 Å². The minimum atomic E-state index is 0.305. The molecule has 0 N–H and O–H groups in total. The molecule has 132 valence electrons. The third-order valence-corrected chi connectivity index (χ3v) is 4.80. The zero-order valence-corrected chi connectivity index (χ0v) is 14.2. The maximum absolute atomic E-state index is 5.22. The number of hydrogen-bond acceptors (Lipinski definition) is 8. The molecular formula is C16H17N9O. The van der Waals surface area contributed by atoms with Crippen molar-refractivity contribution < 1.29 is 4.74 Å². The van der Waals surface area contributed by atoms with Crippen LogP contribution in [0.4, 0.5) is 5.82 Å². The largest absolute Gasteiger partial charge is 0.480 e. The van der Waals surface area contributed by atoms with Crippen molar-refractivity contribution in [3.8, 4) is 5.88 Å². The molecule has 1 saturated heterocycles. The molecule has 0 atom stereocenters. The van der Waals surface area contributed by atoms with Crippen LogP contribution in [0.15, 0.2) is 30.6 Å². The SMILES string of the molecule is COc1ccc2nnc(C3CCN(c4ccc5nncn5n4)CC3)n2n1. The summed E-state index contributed by atoms with van der Waals surface area (Å²) >= 11 is 0. The van der Waals surface area contributed by atoms with E-state index >= 15 is 0 Å². The van der Waals surface area contributed by atoms with Crippen molar-refractivity contribution in [2.75, 3.05) is 25.1 Å². The molecule has 1 aliphatic heterocycles. The Kier molecular flexibility index (Phi) is 3.40. The molecule has 5 heterocycles. The van der Waals surface area contributed by atoms with E-state index in [4.69, 9.17) is 4.74 Å². The Balaban J connectivity index is 1.36. The van der Waals surface area contributed by atoms with Gasteiger partial charge in [-0.1, -0.05) is 0 Å². The Bertz CT molecular complexity index is 1060. The minimum absolute atomic E-state index is 0.305. The van der Waals surface area contributed by atoms with E-state index in [1.165, 1.54) is 0 Å². The van der Waals surface area contributed by atoms with Crippen molar-refractivity contribution in [1.82, 2.24) is 39.6 Å². The van der Waals surface area contributed by atoms with Crippen LogP contribution < -0.4 is 9.64 Å². The topological polar surface area (TPSA) is 98.6 Å². The molecule has 26 heavy (non-hydrogen) atoms. The molecule has 1 aliphatic rings. The van der Waals surface area contributed by atoms with Crippen molar-refractivity contribution in [3.05, 3.63) is 36.4 Å². The summed E-state index contributed by atoms with van der Waals surface area (Å²) in [5, 5.41) is 25.5. The fourth-order valence-corrected chi connectivity index (χ4v) is 3.41. The number of aromatic nitrogens is 8. The molecule has 0 bridgehead atoms. The number of nitrogens with zero attached hydrogens (tertiary/aromatic N) is 9. The molecular weight excluding hydrogens is 334 g/mol. The fourth-order valence-electron chi connectivity index (χ4n) is 3.41. The van der Waals surface area contributed by atoms with E-state index in [1.54, 1.807) is 28.5 Å². The van der Waals surface area contributed by atoms with Crippen molar-refractivity contribution in [3.63, 3.8) is 0 Å². The molecule has 0 saturated carbocycles. The summed E-state index contributed by atoms with van der Waals surface area (Å²) in [5.41, 5.74) is 1.49. The van der Waals surface area contributed by atoms with E-state index in [0.29, 0.717) is 11.8 Å². The van der Waals surface area contributed by atoms with Gasteiger partial charge in [-0.05, 0) is 31.0 Å². The van der Waals surface area contributed by atoms with E-state index in [1.807, 2.05) is 18.2 Å². The highest BCUT2D eigenvalue weighted by atomic mass is 16.5. The molecule has 0 spiro atoms. The molecule has 10 nitrogen and oxygen atoms in total. The molecule has 4 aromatic rings. The zero-order chi connectivity index (χ0) is 17.5. The lowest BCUT2D eigenvalue weighted by atomic mass is 9.96. The Hall–Kier alpha value is -3.30. The van der Waals surface area contributed by atoms with Crippen LogP contribution in [-0.2, 0) is 0 Å². The molecule has 0 aromatic carbocycles. The quantitative estimate of drug-likeness (QED) is 0.538. The lowest BCUT2D eigenvalue weighted by molar-refractivity contribution is 0.386. The first kappa shape index (κ1) is 15.0. The number of piperidine rings is 1. The first-order valence-electron chi connectivity index (χ1n) is 8.50. The van der Waals surface area contributed by atoms with Crippen LogP contribution in [0.25, 0.3) is 11.3 Å². The molecule has 1 fully saturated rings. The molecule has 0 radical (unpaired) electrons. The highest BCUT2D eigenvalue weighted by molar-refractivity contribution is 5.45. The molecule has 10 heteroatoms. The maximum Gasteiger partial charge on any atom is 0.231 e. The van der Waals surface area contributed by atoms with Crippen molar-refractivity contribution >= 4 is 17.1 Å². The monoisotopic (exact) mass is 351 g/mol. The number of ether oxygens (including phenoxy) is 1. The minimum Gasteiger partial charge on any atom is -0.480 e. The van der Waals surface area contributed by atoms with Gasteiger partial charge in [0.2, 0.25) is 5.88 Å². The molecule has 0 amide bonds. The summed E-state index contributed by atoms with van der Waals surface area (Å²) < 4.78 is 8.71. The number of methoxy groups -OCH3 is 1. The van der Waals surface area contributed by atoms with Gasteiger partial charge < -0.3 is 9.64 Å². The average Bonchev–Trinajstić information content (AvgIpc) is 3.33. The van der Waals surface area contributed by atoms with Gasteiger partial charge in [-0.2, -0.15) is 9.03 Å². The average molecular weight is 351 g/mol. The van der Waals surface area contributed by atoms with Gasteiger partial charge >= 0.3 is 0 Å². The van der Waals surface area contributed by atoms with E-state index in [0.717, 1.165) is 48.9 Å². The summed E-state index contributed by atoms with van der Waals surface area (Å²) in [4.78, 5) is 2.27. The van der Waals surface area contributed by atoms with Gasteiger partial charge in [0, 0.05) is 25.1 Å². The van der Waals surface area contributed by atoms with Gasteiger partial charge in [0.15, 0.2) is 17.1 Å². The molecule has 0 aliphatic carbocycles. The third kappa shape index (κ3) is 2.41. The normalized spacial score (nSPS) is 15.8. The van der Waals surface area contributed by atoms with Gasteiger partial charge in [0.1, 0.15) is 12.1 Å². The smallest absolute Gasteiger partial charge is 0.231 e. The van der Waals surface area contributed by atoms with Crippen LogP contribution in [0.5, 0.6) is 5.88 Å². The second-order valence-electron chi connectivity index (χ2n) is 6.29. The summed E-state index contributed by atoms with van der Waals surface area (Å²) in [5.74, 6) is 2.68. The van der Waals surface area contributed by atoms with Crippen LogP contribution in [-0.4, -0.2) is 59.8 Å². The lowest BCUT2D eigenvalue weighted by Crippen LogP contribution is -2.34. The summed E-state index contributed by atoms with van der Waals surface area (Å²) in [6.45, 7) is 1.79. The van der Waals surface area contributed by atoms with Crippen LogP contribution in [0.1, 0.15) is 24.6 Å². The zero-order valence-electron chi connectivity index (χ0n) is 14.2. The molecule has 5 rings (SSSR count). The van der Waals surface area contributed by atoms with Gasteiger partial charge in [0.25, 0.3) is 0 Å². The van der Waals surface area contributed by atoms with E-state index in [2.05, 4.69) is 35.5 Å².